The van der Waals surface area contributed by atoms with Gasteiger partial charge >= 0.3 is 12.1 Å². The highest BCUT2D eigenvalue weighted by molar-refractivity contribution is 7.99. The van der Waals surface area contributed by atoms with Gasteiger partial charge in [-0.1, -0.05) is 30.3 Å². The molecule has 9 heteroatoms. The monoisotopic (exact) mass is 447 g/mol. The minimum absolute atomic E-state index is 0.135. The molecule has 1 aromatic rings. The number of likely N-dealkylation sites (tertiary alicyclic amines) is 1. The Morgan fingerprint density at radius 2 is 2.00 bits per heavy atom. The maximum atomic E-state index is 13.2. The fourth-order valence-electron chi connectivity index (χ4n) is 3.15. The van der Waals surface area contributed by atoms with E-state index in [9.17, 15) is 14.4 Å². The topological polar surface area (TPSA) is 109 Å². The fraction of sp³-hybridized carbons (Fsp3) is 0.545. The van der Waals surface area contributed by atoms with Gasteiger partial charge in [0.2, 0.25) is 5.91 Å². The number of amides is 2. The van der Waals surface area contributed by atoms with Crippen LogP contribution in [-0.2, 0) is 25.7 Å². The highest BCUT2D eigenvalue weighted by atomic mass is 32.2. The number of esters is 1. The first-order chi connectivity index (χ1) is 14.7. The summed E-state index contributed by atoms with van der Waals surface area (Å²) in [5.41, 5.74) is 0.152. The van der Waals surface area contributed by atoms with E-state index in [2.05, 4.69) is 5.32 Å². The van der Waals surface area contributed by atoms with Gasteiger partial charge in [-0.15, -0.1) is 11.8 Å². The average molecular weight is 448 g/mol. The van der Waals surface area contributed by atoms with Crippen LogP contribution in [0.4, 0.5) is 4.79 Å². The number of thioether (sulfide) groups is 1. The number of ether oxygens (including phenoxy) is 2. The van der Waals surface area contributed by atoms with Crippen molar-refractivity contribution in [3.63, 3.8) is 0 Å². The summed E-state index contributed by atoms with van der Waals surface area (Å²) in [4.78, 5) is 39.5. The van der Waals surface area contributed by atoms with Crippen LogP contribution in [0.15, 0.2) is 30.3 Å². The lowest BCUT2D eigenvalue weighted by Gasteiger charge is -2.29. The van der Waals surface area contributed by atoms with E-state index in [-0.39, 0.29) is 24.0 Å². The van der Waals surface area contributed by atoms with Crippen LogP contribution >= 0.6 is 11.8 Å². The van der Waals surface area contributed by atoms with Crippen molar-refractivity contribution in [2.24, 2.45) is 0 Å². The number of nitrogens with zero attached hydrogens (tertiary/aromatic N) is 2. The SMILES string of the molecule is CC(C)(C)OC(=O)NC(CSCC#N)C(=O)N1CCCC1C(=O)OCc1ccccc1. The van der Waals surface area contributed by atoms with Crippen molar-refractivity contribution in [2.75, 3.05) is 18.1 Å². The second-order valence-corrected chi connectivity index (χ2v) is 9.19. The molecular formula is C22H29N3O5S. The molecule has 0 radical (unpaired) electrons. The summed E-state index contributed by atoms with van der Waals surface area (Å²) in [5.74, 6) is -0.457. The lowest BCUT2D eigenvalue weighted by Crippen LogP contribution is -2.53. The van der Waals surface area contributed by atoms with Crippen LogP contribution in [0.1, 0.15) is 39.2 Å². The highest BCUT2D eigenvalue weighted by Gasteiger charge is 2.39. The molecule has 31 heavy (non-hydrogen) atoms. The van der Waals surface area contributed by atoms with E-state index in [1.807, 2.05) is 36.4 Å². The molecule has 1 aliphatic rings. The molecule has 168 valence electrons. The first-order valence-electron chi connectivity index (χ1n) is 10.2. The average Bonchev–Trinajstić information content (AvgIpc) is 3.20. The lowest BCUT2D eigenvalue weighted by molar-refractivity contribution is -0.154. The molecule has 1 heterocycles. The van der Waals surface area contributed by atoms with Gasteiger partial charge in [-0.3, -0.25) is 4.79 Å². The molecule has 0 bridgehead atoms. The Hall–Kier alpha value is -2.73. The van der Waals surface area contributed by atoms with E-state index in [4.69, 9.17) is 14.7 Å². The number of carbonyl (C=O) groups is 3. The molecule has 1 aliphatic heterocycles. The van der Waals surface area contributed by atoms with Crippen LogP contribution in [-0.4, -0.2) is 58.6 Å². The molecule has 1 aromatic carbocycles. The minimum atomic E-state index is -0.907. The normalized spacial score (nSPS) is 16.8. The van der Waals surface area contributed by atoms with Crippen molar-refractivity contribution < 1.29 is 23.9 Å². The van der Waals surface area contributed by atoms with E-state index in [0.29, 0.717) is 19.4 Å². The number of carbonyl (C=O) groups excluding carboxylic acids is 3. The molecule has 2 rings (SSSR count). The van der Waals surface area contributed by atoms with Crippen molar-refractivity contribution in [3.8, 4) is 6.07 Å². The molecule has 1 N–H and O–H groups in total. The number of nitrogens with one attached hydrogen (secondary N) is 1. The van der Waals surface area contributed by atoms with Crippen LogP contribution < -0.4 is 5.32 Å². The Kier molecular flexibility index (Phi) is 9.19. The first-order valence-corrected chi connectivity index (χ1v) is 11.3. The van der Waals surface area contributed by atoms with Crippen LogP contribution in [0.3, 0.4) is 0 Å². The smallest absolute Gasteiger partial charge is 0.408 e. The summed E-state index contributed by atoms with van der Waals surface area (Å²) >= 11 is 1.23. The van der Waals surface area contributed by atoms with Crippen molar-refractivity contribution in [1.29, 1.82) is 5.26 Å². The summed E-state index contributed by atoms with van der Waals surface area (Å²) in [5, 5.41) is 11.4. The summed E-state index contributed by atoms with van der Waals surface area (Å²) in [6.45, 7) is 5.72. The fourth-order valence-corrected chi connectivity index (χ4v) is 3.82. The van der Waals surface area contributed by atoms with Gasteiger partial charge in [0.05, 0.1) is 11.8 Å². The Morgan fingerprint density at radius 3 is 2.65 bits per heavy atom. The van der Waals surface area contributed by atoms with Gasteiger partial charge in [0.1, 0.15) is 24.3 Å². The van der Waals surface area contributed by atoms with Gasteiger partial charge in [-0.25, -0.2) is 9.59 Å². The van der Waals surface area contributed by atoms with E-state index < -0.39 is 29.7 Å². The van der Waals surface area contributed by atoms with Crippen LogP contribution in [0.25, 0.3) is 0 Å². The van der Waals surface area contributed by atoms with Crippen molar-refractivity contribution in [2.45, 2.75) is 57.9 Å². The molecule has 2 atom stereocenters. The van der Waals surface area contributed by atoms with Crippen molar-refractivity contribution in [3.05, 3.63) is 35.9 Å². The van der Waals surface area contributed by atoms with Crippen LogP contribution in [0.2, 0.25) is 0 Å². The number of nitriles is 1. The van der Waals surface area contributed by atoms with Crippen LogP contribution in [0, 0.1) is 11.3 Å². The summed E-state index contributed by atoms with van der Waals surface area (Å²) in [7, 11) is 0. The number of hydrogen-bond acceptors (Lipinski definition) is 7. The predicted octanol–water partition coefficient (Wildman–Crippen LogP) is 2.87. The minimum Gasteiger partial charge on any atom is -0.459 e. The van der Waals surface area contributed by atoms with Crippen molar-refractivity contribution in [1.82, 2.24) is 10.2 Å². The summed E-state index contributed by atoms with van der Waals surface area (Å²) in [6.07, 6.45) is 0.455. The first kappa shape index (κ1) is 24.5. The zero-order chi connectivity index (χ0) is 22.9. The quantitative estimate of drug-likeness (QED) is 0.482. The van der Waals surface area contributed by atoms with Gasteiger partial charge < -0.3 is 19.7 Å². The third-order valence-electron chi connectivity index (χ3n) is 4.47. The largest absolute Gasteiger partial charge is 0.459 e. The third kappa shape index (κ3) is 8.13. The molecule has 0 saturated carbocycles. The molecule has 1 saturated heterocycles. The van der Waals surface area contributed by atoms with Gasteiger partial charge in [0.15, 0.2) is 0 Å². The lowest BCUT2D eigenvalue weighted by atomic mass is 10.2. The molecule has 2 unspecified atom stereocenters. The number of hydrogen-bond donors (Lipinski definition) is 1. The Labute approximate surface area is 187 Å². The molecule has 0 aliphatic carbocycles. The second kappa shape index (κ2) is 11.6. The zero-order valence-corrected chi connectivity index (χ0v) is 18.9. The van der Waals surface area contributed by atoms with E-state index >= 15 is 0 Å². The van der Waals surface area contributed by atoms with Gasteiger partial charge in [-0.05, 0) is 39.2 Å². The third-order valence-corrected chi connectivity index (χ3v) is 5.37. The molecule has 8 nitrogen and oxygen atoms in total. The second-order valence-electron chi connectivity index (χ2n) is 8.16. The maximum absolute atomic E-state index is 13.2. The molecule has 2 amide bonds. The van der Waals surface area contributed by atoms with E-state index in [0.717, 1.165) is 5.56 Å². The van der Waals surface area contributed by atoms with E-state index in [1.165, 1.54) is 16.7 Å². The maximum Gasteiger partial charge on any atom is 0.408 e. The summed E-state index contributed by atoms with van der Waals surface area (Å²) in [6, 6.07) is 9.72. The number of alkyl carbamates (subject to hydrolysis) is 1. The predicted molar refractivity (Wildman–Crippen MR) is 117 cm³/mol. The van der Waals surface area contributed by atoms with Gasteiger partial charge in [0.25, 0.3) is 0 Å². The van der Waals surface area contributed by atoms with E-state index in [1.54, 1.807) is 20.8 Å². The van der Waals surface area contributed by atoms with Gasteiger partial charge in [-0.2, -0.15) is 5.26 Å². The molecule has 0 spiro atoms. The Bertz CT molecular complexity index is 804. The Balaban J connectivity index is 2.03. The van der Waals surface area contributed by atoms with Crippen molar-refractivity contribution >= 4 is 29.7 Å². The standard InChI is InChI=1S/C22H29N3O5S/c1-22(2,3)30-21(28)24-17(15-31-13-11-23)19(26)25-12-7-10-18(25)20(27)29-14-16-8-5-4-6-9-16/h4-6,8-9,17-18H,7,10,12-15H2,1-3H3,(H,24,28). The zero-order valence-electron chi connectivity index (χ0n) is 18.1. The molecule has 1 fully saturated rings. The molecular weight excluding hydrogens is 418 g/mol. The van der Waals surface area contributed by atoms with Gasteiger partial charge in [0, 0.05) is 12.3 Å². The number of benzene rings is 1. The molecule has 0 aromatic heterocycles. The van der Waals surface area contributed by atoms with Crippen LogP contribution in [0.5, 0.6) is 0 Å². The highest BCUT2D eigenvalue weighted by Crippen LogP contribution is 2.21. The summed E-state index contributed by atoms with van der Waals surface area (Å²) < 4.78 is 10.7. The number of rotatable bonds is 8. The Morgan fingerprint density at radius 1 is 1.29 bits per heavy atom.